The maximum atomic E-state index is 12.2. The molecule has 0 saturated heterocycles. The van der Waals surface area contributed by atoms with E-state index in [9.17, 15) is 18.4 Å². The number of esters is 1. The third kappa shape index (κ3) is 5.58. The van der Waals surface area contributed by atoms with Gasteiger partial charge in [0.05, 0.1) is 17.2 Å². The van der Waals surface area contributed by atoms with Crippen molar-refractivity contribution in [3.05, 3.63) is 59.7 Å². The van der Waals surface area contributed by atoms with Crippen molar-refractivity contribution in [2.24, 2.45) is 0 Å². The zero-order valence-electron chi connectivity index (χ0n) is 12.7. The van der Waals surface area contributed by atoms with Gasteiger partial charge in [-0.1, -0.05) is 12.1 Å². The lowest BCUT2D eigenvalue weighted by atomic mass is 10.2. The zero-order chi connectivity index (χ0) is 18.2. The number of amides is 1. The van der Waals surface area contributed by atoms with Crippen LogP contribution in [-0.2, 0) is 9.53 Å². The highest BCUT2D eigenvalue weighted by Crippen LogP contribution is 2.16. The van der Waals surface area contributed by atoms with Crippen molar-refractivity contribution in [3.63, 3.8) is 0 Å². The number of carbonyl (C=O) groups is 2. The minimum Gasteiger partial charge on any atom is -0.452 e. The fraction of sp³-hybridized carbons (Fsp3) is 0.118. The van der Waals surface area contributed by atoms with Gasteiger partial charge in [-0.15, -0.1) is 0 Å². The third-order valence-electron chi connectivity index (χ3n) is 2.90. The lowest BCUT2D eigenvalue weighted by Gasteiger charge is -2.08. The average Bonchev–Trinajstić information content (AvgIpc) is 2.59. The maximum absolute atomic E-state index is 12.2. The molecular weight excluding hydrogens is 334 g/mol. The molecule has 0 atom stereocenters. The standard InChI is InChI=1S/C17H12F2N2O4/c18-17(19)25-14-6-2-4-12(8-14)16(23)24-10-15(22)21-13-5-1-3-11(7-13)9-20/h1-8,17H,10H2,(H,21,22). The summed E-state index contributed by atoms with van der Waals surface area (Å²) in [5.74, 6) is -1.66. The second kappa shape index (κ2) is 8.40. The number of rotatable bonds is 6. The van der Waals surface area contributed by atoms with Crippen molar-refractivity contribution in [1.82, 2.24) is 0 Å². The molecule has 25 heavy (non-hydrogen) atoms. The molecule has 0 saturated carbocycles. The molecule has 0 aromatic heterocycles. The van der Waals surface area contributed by atoms with Gasteiger partial charge < -0.3 is 14.8 Å². The van der Waals surface area contributed by atoms with Crippen LogP contribution in [0, 0.1) is 11.3 Å². The van der Waals surface area contributed by atoms with Crippen LogP contribution in [0.25, 0.3) is 0 Å². The summed E-state index contributed by atoms with van der Waals surface area (Å²) in [6, 6.07) is 13.2. The molecule has 0 spiro atoms. The van der Waals surface area contributed by atoms with Crippen LogP contribution in [0.2, 0.25) is 0 Å². The Kier molecular flexibility index (Phi) is 6.01. The van der Waals surface area contributed by atoms with Gasteiger partial charge in [-0.25, -0.2) is 4.79 Å². The molecule has 8 heteroatoms. The monoisotopic (exact) mass is 346 g/mol. The highest BCUT2D eigenvalue weighted by molar-refractivity contribution is 5.95. The molecule has 0 aliphatic heterocycles. The van der Waals surface area contributed by atoms with Crippen LogP contribution in [0.5, 0.6) is 5.75 Å². The molecule has 2 rings (SSSR count). The number of anilines is 1. The molecule has 1 N–H and O–H groups in total. The Morgan fingerprint density at radius 3 is 2.64 bits per heavy atom. The summed E-state index contributed by atoms with van der Waals surface area (Å²) in [5.41, 5.74) is 0.718. The number of ether oxygens (including phenoxy) is 2. The Hall–Kier alpha value is -3.47. The highest BCUT2D eigenvalue weighted by Gasteiger charge is 2.13. The van der Waals surface area contributed by atoms with Crippen molar-refractivity contribution >= 4 is 17.6 Å². The molecule has 0 radical (unpaired) electrons. The first-order chi connectivity index (χ1) is 12.0. The highest BCUT2D eigenvalue weighted by atomic mass is 19.3. The number of alkyl halides is 2. The van der Waals surface area contributed by atoms with Crippen LogP contribution in [0.1, 0.15) is 15.9 Å². The molecule has 2 aromatic rings. The number of hydrogen-bond donors (Lipinski definition) is 1. The summed E-state index contributed by atoms with van der Waals surface area (Å²) in [4.78, 5) is 23.6. The molecule has 0 bridgehead atoms. The van der Waals surface area contributed by atoms with Crippen LogP contribution in [0.4, 0.5) is 14.5 Å². The van der Waals surface area contributed by atoms with Gasteiger partial charge in [0.15, 0.2) is 6.61 Å². The van der Waals surface area contributed by atoms with E-state index in [1.807, 2.05) is 6.07 Å². The van der Waals surface area contributed by atoms with Gasteiger partial charge in [0.2, 0.25) is 0 Å². The maximum Gasteiger partial charge on any atom is 0.387 e. The van der Waals surface area contributed by atoms with Gasteiger partial charge >= 0.3 is 12.6 Å². The zero-order valence-corrected chi connectivity index (χ0v) is 12.7. The third-order valence-corrected chi connectivity index (χ3v) is 2.90. The van der Waals surface area contributed by atoms with E-state index in [2.05, 4.69) is 10.1 Å². The van der Waals surface area contributed by atoms with Crippen molar-refractivity contribution in [2.75, 3.05) is 11.9 Å². The van der Waals surface area contributed by atoms with Crippen LogP contribution in [-0.4, -0.2) is 25.1 Å². The molecule has 0 heterocycles. The Morgan fingerprint density at radius 1 is 1.16 bits per heavy atom. The average molecular weight is 346 g/mol. The van der Waals surface area contributed by atoms with Crippen molar-refractivity contribution < 1.29 is 27.8 Å². The molecule has 1 amide bonds. The Bertz CT molecular complexity index is 818. The van der Waals surface area contributed by atoms with Crippen LogP contribution in [0.15, 0.2) is 48.5 Å². The van der Waals surface area contributed by atoms with E-state index < -0.39 is 25.1 Å². The number of hydrogen-bond acceptors (Lipinski definition) is 5. The Morgan fingerprint density at radius 2 is 1.92 bits per heavy atom. The van der Waals surface area contributed by atoms with Gasteiger partial charge in [0.25, 0.3) is 5.91 Å². The van der Waals surface area contributed by atoms with E-state index in [1.165, 1.54) is 24.3 Å². The molecule has 0 aliphatic rings. The predicted molar refractivity (Wildman–Crippen MR) is 83.1 cm³/mol. The van der Waals surface area contributed by atoms with Crippen LogP contribution < -0.4 is 10.1 Å². The first kappa shape index (κ1) is 17.9. The Balaban J connectivity index is 1.91. The topological polar surface area (TPSA) is 88.4 Å². The van der Waals surface area contributed by atoms with Crippen molar-refractivity contribution in [1.29, 1.82) is 5.26 Å². The fourth-order valence-electron chi connectivity index (χ4n) is 1.88. The van der Waals surface area contributed by atoms with Gasteiger partial charge in [-0.3, -0.25) is 4.79 Å². The molecule has 0 fully saturated rings. The first-order valence-electron chi connectivity index (χ1n) is 7.00. The van der Waals surface area contributed by atoms with E-state index in [0.717, 1.165) is 6.07 Å². The molecular formula is C17H12F2N2O4. The molecule has 0 aliphatic carbocycles. The Labute approximate surface area is 141 Å². The SMILES string of the molecule is N#Cc1cccc(NC(=O)COC(=O)c2cccc(OC(F)F)c2)c1. The molecule has 6 nitrogen and oxygen atoms in total. The first-order valence-corrected chi connectivity index (χ1v) is 7.00. The van der Waals surface area contributed by atoms with E-state index in [1.54, 1.807) is 18.2 Å². The largest absolute Gasteiger partial charge is 0.452 e. The smallest absolute Gasteiger partial charge is 0.387 e. The minimum atomic E-state index is -3.01. The lowest BCUT2D eigenvalue weighted by molar-refractivity contribution is -0.119. The molecule has 128 valence electrons. The normalized spacial score (nSPS) is 10.0. The summed E-state index contributed by atoms with van der Waals surface area (Å²) in [7, 11) is 0. The fourth-order valence-corrected chi connectivity index (χ4v) is 1.88. The number of halogens is 2. The van der Waals surface area contributed by atoms with E-state index in [-0.39, 0.29) is 11.3 Å². The minimum absolute atomic E-state index is 0.0302. The summed E-state index contributed by atoms with van der Waals surface area (Å²) >= 11 is 0. The van der Waals surface area contributed by atoms with Gasteiger partial charge in [0.1, 0.15) is 5.75 Å². The quantitative estimate of drug-likeness (QED) is 0.813. The predicted octanol–water partition coefficient (Wildman–Crippen LogP) is 2.96. The second-order valence-corrected chi connectivity index (χ2v) is 4.72. The van der Waals surface area contributed by atoms with Crippen molar-refractivity contribution in [2.45, 2.75) is 6.61 Å². The lowest BCUT2D eigenvalue weighted by Crippen LogP contribution is -2.21. The van der Waals surface area contributed by atoms with E-state index in [0.29, 0.717) is 11.3 Å². The summed E-state index contributed by atoms with van der Waals surface area (Å²) in [5, 5.41) is 11.3. The summed E-state index contributed by atoms with van der Waals surface area (Å²) in [6.45, 7) is -3.59. The van der Waals surface area contributed by atoms with E-state index in [4.69, 9.17) is 10.00 Å². The van der Waals surface area contributed by atoms with Crippen LogP contribution >= 0.6 is 0 Å². The summed E-state index contributed by atoms with van der Waals surface area (Å²) in [6.07, 6.45) is 0. The van der Waals surface area contributed by atoms with E-state index >= 15 is 0 Å². The van der Waals surface area contributed by atoms with Gasteiger partial charge in [0, 0.05) is 5.69 Å². The number of benzene rings is 2. The number of nitriles is 1. The van der Waals surface area contributed by atoms with Gasteiger partial charge in [-0.2, -0.15) is 14.0 Å². The number of nitrogens with zero attached hydrogens (tertiary/aromatic N) is 1. The summed E-state index contributed by atoms with van der Waals surface area (Å²) < 4.78 is 33.3. The second-order valence-electron chi connectivity index (χ2n) is 4.72. The van der Waals surface area contributed by atoms with Crippen LogP contribution in [0.3, 0.4) is 0 Å². The van der Waals surface area contributed by atoms with Crippen molar-refractivity contribution in [3.8, 4) is 11.8 Å². The van der Waals surface area contributed by atoms with Gasteiger partial charge in [-0.05, 0) is 36.4 Å². The molecule has 0 unspecified atom stereocenters. The molecule has 2 aromatic carbocycles. The number of carbonyl (C=O) groups excluding carboxylic acids is 2. The number of nitrogens with one attached hydrogen (secondary N) is 1.